The maximum Gasteiger partial charge on any atom is 0.242 e. The number of fused-ring (bicyclic) bond motifs is 5. The Morgan fingerprint density at radius 2 is 2.00 bits per heavy atom. The largest absolute Gasteiger partial charge is 0.341 e. The number of para-hydroxylation sites is 1. The van der Waals surface area contributed by atoms with Crippen molar-refractivity contribution in [2.24, 2.45) is 5.92 Å². The minimum absolute atomic E-state index is 0.0389. The molecule has 0 radical (unpaired) electrons. The zero-order valence-corrected chi connectivity index (χ0v) is 15.0. The van der Waals surface area contributed by atoms with Crippen molar-refractivity contribution in [2.75, 3.05) is 37.3 Å². The molecule has 6 nitrogen and oxygen atoms in total. The summed E-state index contributed by atoms with van der Waals surface area (Å²) in [6.07, 6.45) is 1.79. The fourth-order valence-electron chi connectivity index (χ4n) is 3.92. The Balaban J connectivity index is 1.53. The van der Waals surface area contributed by atoms with Crippen molar-refractivity contribution >= 4 is 35.2 Å². The van der Waals surface area contributed by atoms with Gasteiger partial charge in [-0.3, -0.25) is 14.4 Å². The number of carbonyl (C=O) groups is 3. The predicted octanol–water partition coefficient (Wildman–Crippen LogP) is 1.20. The molecule has 132 valence electrons. The third kappa shape index (κ3) is 2.90. The highest BCUT2D eigenvalue weighted by molar-refractivity contribution is 8.00. The molecule has 1 aromatic rings. The molecule has 2 bridgehead atoms. The smallest absolute Gasteiger partial charge is 0.242 e. The molecule has 2 atom stereocenters. The molecular formula is C18H21N3O3S. The molecule has 4 aliphatic heterocycles. The summed E-state index contributed by atoms with van der Waals surface area (Å²) in [4.78, 5) is 43.8. The van der Waals surface area contributed by atoms with Crippen LogP contribution in [-0.4, -0.2) is 66.0 Å². The Labute approximate surface area is 151 Å². The van der Waals surface area contributed by atoms with Crippen LogP contribution < -0.4 is 4.90 Å². The zero-order valence-electron chi connectivity index (χ0n) is 14.2. The lowest BCUT2D eigenvalue weighted by molar-refractivity contribution is -0.138. The van der Waals surface area contributed by atoms with Gasteiger partial charge in [0.05, 0.1) is 17.4 Å². The number of hydrogen-bond acceptors (Lipinski definition) is 4. The number of amides is 3. The molecule has 0 N–H and O–H groups in total. The van der Waals surface area contributed by atoms with Gasteiger partial charge >= 0.3 is 0 Å². The highest BCUT2D eigenvalue weighted by Gasteiger charge is 2.40. The average molecular weight is 359 g/mol. The van der Waals surface area contributed by atoms with Crippen LogP contribution in [0.4, 0.5) is 5.69 Å². The fraction of sp³-hybridized carbons (Fsp3) is 0.500. The summed E-state index contributed by atoms with van der Waals surface area (Å²) in [5.74, 6) is 0.282. The normalized spacial score (nSPS) is 25.9. The maximum absolute atomic E-state index is 12.9. The predicted molar refractivity (Wildman–Crippen MR) is 95.4 cm³/mol. The van der Waals surface area contributed by atoms with E-state index in [1.54, 1.807) is 14.7 Å². The highest BCUT2D eigenvalue weighted by Crippen LogP contribution is 2.35. The standard InChI is InChI=1S/C18H21N3O3S/c1-19-13-7-6-12(18(19)24)8-20(9-13)16(22)10-21-14-4-2-3-5-15(14)25-11-17(21)23/h2-5,12-13H,6-11H2,1H3. The van der Waals surface area contributed by atoms with E-state index < -0.39 is 0 Å². The third-order valence-electron chi connectivity index (χ3n) is 5.42. The van der Waals surface area contributed by atoms with E-state index in [2.05, 4.69) is 0 Å². The molecule has 0 spiro atoms. The molecule has 5 rings (SSSR count). The lowest BCUT2D eigenvalue weighted by atomic mass is 9.95. The van der Waals surface area contributed by atoms with Crippen LogP contribution in [0.2, 0.25) is 0 Å². The maximum atomic E-state index is 12.9. The first-order chi connectivity index (χ1) is 12.0. The first-order valence-electron chi connectivity index (χ1n) is 8.61. The van der Waals surface area contributed by atoms with E-state index in [1.165, 1.54) is 11.8 Å². The molecule has 25 heavy (non-hydrogen) atoms. The van der Waals surface area contributed by atoms with Crippen LogP contribution in [0, 0.1) is 5.92 Å². The lowest BCUT2D eigenvalue weighted by Gasteiger charge is -2.32. The molecule has 7 heteroatoms. The van der Waals surface area contributed by atoms with Crippen LogP contribution in [0.25, 0.3) is 0 Å². The second-order valence-electron chi connectivity index (χ2n) is 6.91. The van der Waals surface area contributed by atoms with Crippen LogP contribution in [0.1, 0.15) is 12.8 Å². The van der Waals surface area contributed by atoms with Gasteiger partial charge in [-0.2, -0.15) is 0 Å². The summed E-state index contributed by atoms with van der Waals surface area (Å²) in [6.45, 7) is 1.08. The van der Waals surface area contributed by atoms with E-state index in [0.717, 1.165) is 23.4 Å². The summed E-state index contributed by atoms with van der Waals surface area (Å²) in [5.41, 5.74) is 0.808. The molecule has 0 saturated carbocycles. The van der Waals surface area contributed by atoms with Crippen LogP contribution in [0.15, 0.2) is 29.2 Å². The van der Waals surface area contributed by atoms with Crippen LogP contribution in [0.5, 0.6) is 0 Å². The number of piperidine rings is 1. The number of benzene rings is 1. The van der Waals surface area contributed by atoms with Gasteiger partial charge in [0, 0.05) is 31.1 Å². The van der Waals surface area contributed by atoms with Crippen molar-refractivity contribution in [1.29, 1.82) is 0 Å². The van der Waals surface area contributed by atoms with Crippen molar-refractivity contribution in [2.45, 2.75) is 23.8 Å². The minimum atomic E-state index is -0.104. The number of nitrogens with zero attached hydrogens (tertiary/aromatic N) is 3. The van der Waals surface area contributed by atoms with E-state index in [9.17, 15) is 14.4 Å². The number of anilines is 1. The Kier molecular flexibility index (Phi) is 4.19. The average Bonchev–Trinajstić information content (AvgIpc) is 2.91. The Morgan fingerprint density at radius 3 is 2.84 bits per heavy atom. The molecule has 4 heterocycles. The van der Waals surface area contributed by atoms with Crippen molar-refractivity contribution in [3.63, 3.8) is 0 Å². The first kappa shape index (κ1) is 16.4. The molecule has 0 aromatic heterocycles. The summed E-state index contributed by atoms with van der Waals surface area (Å²) in [7, 11) is 1.83. The van der Waals surface area contributed by atoms with Crippen molar-refractivity contribution in [3.8, 4) is 0 Å². The number of likely N-dealkylation sites (N-methyl/N-ethyl adjacent to an activating group) is 1. The van der Waals surface area contributed by atoms with Gasteiger partial charge in [-0.25, -0.2) is 0 Å². The molecule has 4 aliphatic rings. The van der Waals surface area contributed by atoms with E-state index in [-0.39, 0.29) is 36.2 Å². The zero-order chi connectivity index (χ0) is 17.6. The highest BCUT2D eigenvalue weighted by atomic mass is 32.2. The van der Waals surface area contributed by atoms with Crippen LogP contribution in [0.3, 0.4) is 0 Å². The second-order valence-corrected chi connectivity index (χ2v) is 7.93. The van der Waals surface area contributed by atoms with E-state index in [4.69, 9.17) is 0 Å². The SMILES string of the molecule is CN1C(=O)C2CCC1CN(C(=O)CN1C(=O)CSc3ccccc31)C2. The van der Waals surface area contributed by atoms with Gasteiger partial charge in [-0.1, -0.05) is 12.1 Å². The molecule has 0 aliphatic carbocycles. The summed E-state index contributed by atoms with van der Waals surface area (Å²) in [6, 6.07) is 7.78. The van der Waals surface area contributed by atoms with Gasteiger partial charge in [0.2, 0.25) is 17.7 Å². The topological polar surface area (TPSA) is 60.9 Å². The van der Waals surface area contributed by atoms with Crippen molar-refractivity contribution in [3.05, 3.63) is 24.3 Å². The summed E-state index contributed by atoms with van der Waals surface area (Å²) in [5, 5.41) is 0. The van der Waals surface area contributed by atoms with Crippen LogP contribution in [-0.2, 0) is 14.4 Å². The van der Waals surface area contributed by atoms with E-state index >= 15 is 0 Å². The van der Waals surface area contributed by atoms with Gasteiger partial charge in [-0.15, -0.1) is 11.8 Å². The second kappa shape index (κ2) is 6.37. The quantitative estimate of drug-likeness (QED) is 0.796. The number of thioether (sulfide) groups is 1. The Bertz CT molecular complexity index is 738. The van der Waals surface area contributed by atoms with Crippen molar-refractivity contribution in [1.82, 2.24) is 9.80 Å². The number of rotatable bonds is 2. The molecule has 2 unspecified atom stereocenters. The van der Waals surface area contributed by atoms with E-state index in [0.29, 0.717) is 18.8 Å². The van der Waals surface area contributed by atoms with Gasteiger partial charge in [0.25, 0.3) is 0 Å². The monoisotopic (exact) mass is 359 g/mol. The van der Waals surface area contributed by atoms with Gasteiger partial charge in [0.1, 0.15) is 6.54 Å². The molecule has 3 saturated heterocycles. The molecular weight excluding hydrogens is 338 g/mol. The number of hydrogen-bond donors (Lipinski definition) is 0. The minimum Gasteiger partial charge on any atom is -0.341 e. The van der Waals surface area contributed by atoms with E-state index in [1.807, 2.05) is 31.3 Å². The lowest BCUT2D eigenvalue weighted by Crippen LogP contribution is -2.47. The summed E-state index contributed by atoms with van der Waals surface area (Å²) < 4.78 is 0. The molecule has 1 aromatic carbocycles. The van der Waals surface area contributed by atoms with Gasteiger partial charge < -0.3 is 14.7 Å². The van der Waals surface area contributed by atoms with Gasteiger partial charge in [0.15, 0.2) is 0 Å². The van der Waals surface area contributed by atoms with Crippen LogP contribution >= 0.6 is 11.8 Å². The Hall–Kier alpha value is -2.02. The Morgan fingerprint density at radius 1 is 1.20 bits per heavy atom. The number of carbonyl (C=O) groups excluding carboxylic acids is 3. The van der Waals surface area contributed by atoms with Gasteiger partial charge in [-0.05, 0) is 25.0 Å². The molecule has 3 fully saturated rings. The summed E-state index contributed by atoms with van der Waals surface area (Å²) >= 11 is 1.51. The van der Waals surface area contributed by atoms with Crippen molar-refractivity contribution < 1.29 is 14.4 Å². The fourth-order valence-corrected chi connectivity index (χ4v) is 4.86. The third-order valence-corrected chi connectivity index (χ3v) is 6.47. The first-order valence-corrected chi connectivity index (χ1v) is 9.60. The molecule has 3 amide bonds.